The Morgan fingerprint density at radius 2 is 1.39 bits per heavy atom. The van der Waals surface area contributed by atoms with Gasteiger partial charge in [-0.15, -0.1) is 0 Å². The van der Waals surface area contributed by atoms with Crippen LogP contribution in [0, 0.1) is 15.3 Å². The topological polar surface area (TPSA) is 69.2 Å². The summed E-state index contributed by atoms with van der Waals surface area (Å²) in [6, 6.07) is 14.6. The molecule has 0 spiro atoms. The lowest BCUT2D eigenvalue weighted by molar-refractivity contribution is -0.385. The zero-order valence-electron chi connectivity index (χ0n) is 9.39. The van der Waals surface area contributed by atoms with Crippen LogP contribution in [0.4, 0.5) is 11.4 Å². The summed E-state index contributed by atoms with van der Waals surface area (Å²) in [6.07, 6.45) is 1.42. The van der Waals surface area contributed by atoms with E-state index in [0.717, 1.165) is 5.56 Å². The number of nitro groups is 1. The van der Waals surface area contributed by atoms with Crippen molar-refractivity contribution in [1.82, 2.24) is 0 Å². The molecule has 5 nitrogen and oxygen atoms in total. The fourth-order valence-corrected chi connectivity index (χ4v) is 1.47. The number of hydrogen-bond acceptors (Lipinski definition) is 3. The normalized spacial score (nSPS) is 11.2. The number of rotatable bonds is 3. The third kappa shape index (κ3) is 2.70. The Labute approximate surface area is 103 Å². The van der Waals surface area contributed by atoms with Gasteiger partial charge in [0.25, 0.3) is 5.69 Å². The molecule has 0 aliphatic carbocycles. The molecule has 0 saturated heterocycles. The van der Waals surface area contributed by atoms with E-state index in [1.165, 1.54) is 30.5 Å². The van der Waals surface area contributed by atoms with Crippen LogP contribution < -0.4 is 0 Å². The molecule has 0 heterocycles. The molecule has 2 rings (SSSR count). The molecule has 5 heteroatoms. The number of hydrogen-bond donors (Lipinski definition) is 0. The molecule has 0 atom stereocenters. The van der Waals surface area contributed by atoms with Gasteiger partial charge in [-0.3, -0.25) is 10.1 Å². The van der Waals surface area contributed by atoms with Crippen LogP contribution in [0.1, 0.15) is 5.56 Å². The van der Waals surface area contributed by atoms with Gasteiger partial charge >= 0.3 is 0 Å². The smallest absolute Gasteiger partial charge is 0.269 e. The highest BCUT2D eigenvalue weighted by molar-refractivity contribution is 5.76. The van der Waals surface area contributed by atoms with Crippen LogP contribution in [0.15, 0.2) is 54.6 Å². The summed E-state index contributed by atoms with van der Waals surface area (Å²) in [7, 11) is 0. The second kappa shape index (κ2) is 5.09. The quantitative estimate of drug-likeness (QED) is 0.273. The van der Waals surface area contributed by atoms with Crippen molar-refractivity contribution in [3.05, 3.63) is 75.5 Å². The third-order valence-corrected chi connectivity index (χ3v) is 2.38. The molecule has 0 amide bonds. The molecular formula is C13H10N2O3. The van der Waals surface area contributed by atoms with Crippen LogP contribution in [0.2, 0.25) is 0 Å². The molecule has 0 fully saturated rings. The van der Waals surface area contributed by atoms with Gasteiger partial charge in [-0.05, 0) is 12.1 Å². The van der Waals surface area contributed by atoms with Gasteiger partial charge in [0.05, 0.1) is 4.92 Å². The van der Waals surface area contributed by atoms with Crippen molar-refractivity contribution < 1.29 is 9.66 Å². The van der Waals surface area contributed by atoms with E-state index in [9.17, 15) is 15.3 Å². The fraction of sp³-hybridized carbons (Fsp3) is 0. The van der Waals surface area contributed by atoms with Crippen molar-refractivity contribution in [2.75, 3.05) is 0 Å². The zero-order valence-corrected chi connectivity index (χ0v) is 9.39. The molecule has 0 radical (unpaired) electrons. The first-order valence-electron chi connectivity index (χ1n) is 5.27. The summed E-state index contributed by atoms with van der Waals surface area (Å²) >= 11 is 0. The van der Waals surface area contributed by atoms with Crippen molar-refractivity contribution >= 4 is 17.6 Å². The summed E-state index contributed by atoms with van der Waals surface area (Å²) in [6.45, 7) is 0. The van der Waals surface area contributed by atoms with Gasteiger partial charge in [-0.1, -0.05) is 18.2 Å². The minimum Gasteiger partial charge on any atom is -0.618 e. The molecule has 18 heavy (non-hydrogen) atoms. The van der Waals surface area contributed by atoms with Gasteiger partial charge in [0.1, 0.15) is 0 Å². The number of nitro benzene ring substituents is 1. The minimum atomic E-state index is -0.500. The number of nitrogens with zero attached hydrogens (tertiary/aromatic N) is 2. The van der Waals surface area contributed by atoms with E-state index in [1.54, 1.807) is 12.1 Å². The Hall–Kier alpha value is -2.69. The molecule has 0 unspecified atom stereocenters. The SMILES string of the molecule is O=[N+]([O-])c1ccc(/[N+]([O-])=C\c2ccccc2)cc1. The highest BCUT2D eigenvalue weighted by Gasteiger charge is 2.07. The van der Waals surface area contributed by atoms with Crippen molar-refractivity contribution in [2.24, 2.45) is 0 Å². The average molecular weight is 242 g/mol. The van der Waals surface area contributed by atoms with Gasteiger partial charge in [0, 0.05) is 29.8 Å². The Balaban J connectivity index is 2.26. The van der Waals surface area contributed by atoms with Crippen molar-refractivity contribution in [2.45, 2.75) is 0 Å². The van der Waals surface area contributed by atoms with Gasteiger partial charge in [-0.25, -0.2) is 0 Å². The largest absolute Gasteiger partial charge is 0.618 e. The first kappa shape index (κ1) is 11.8. The highest BCUT2D eigenvalue weighted by Crippen LogP contribution is 2.17. The Morgan fingerprint density at radius 3 is 1.94 bits per heavy atom. The molecule has 90 valence electrons. The fourth-order valence-electron chi connectivity index (χ4n) is 1.47. The Morgan fingerprint density at radius 1 is 0.833 bits per heavy atom. The predicted molar refractivity (Wildman–Crippen MR) is 68.0 cm³/mol. The zero-order chi connectivity index (χ0) is 13.0. The second-order valence-electron chi connectivity index (χ2n) is 3.64. The van der Waals surface area contributed by atoms with Crippen LogP contribution >= 0.6 is 0 Å². The maximum Gasteiger partial charge on any atom is 0.269 e. The lowest BCUT2D eigenvalue weighted by Crippen LogP contribution is -1.98. The van der Waals surface area contributed by atoms with Gasteiger partial charge in [-0.2, -0.15) is 4.74 Å². The van der Waals surface area contributed by atoms with Crippen LogP contribution in [0.5, 0.6) is 0 Å². The van der Waals surface area contributed by atoms with Gasteiger partial charge in [0.2, 0.25) is 5.69 Å². The van der Waals surface area contributed by atoms with E-state index in [-0.39, 0.29) is 5.69 Å². The monoisotopic (exact) mass is 242 g/mol. The lowest BCUT2D eigenvalue weighted by Gasteiger charge is -2.02. The van der Waals surface area contributed by atoms with E-state index in [4.69, 9.17) is 0 Å². The van der Waals surface area contributed by atoms with Crippen molar-refractivity contribution in [3.63, 3.8) is 0 Å². The first-order valence-corrected chi connectivity index (χ1v) is 5.27. The molecule has 2 aromatic rings. The summed E-state index contributed by atoms with van der Waals surface area (Å²) in [5, 5.41) is 22.3. The molecule has 0 N–H and O–H groups in total. The van der Waals surface area contributed by atoms with Gasteiger partial charge in [0.15, 0.2) is 6.21 Å². The van der Waals surface area contributed by atoms with E-state index in [1.807, 2.05) is 18.2 Å². The van der Waals surface area contributed by atoms with Crippen molar-refractivity contribution in [1.29, 1.82) is 0 Å². The summed E-state index contributed by atoms with van der Waals surface area (Å²) in [5.41, 5.74) is 1.09. The first-order chi connectivity index (χ1) is 8.66. The van der Waals surface area contributed by atoms with Crippen LogP contribution in [0.25, 0.3) is 0 Å². The van der Waals surface area contributed by atoms with Crippen LogP contribution in [-0.2, 0) is 0 Å². The summed E-state index contributed by atoms with van der Waals surface area (Å²) < 4.78 is 0.680. The van der Waals surface area contributed by atoms with Crippen LogP contribution in [-0.4, -0.2) is 15.9 Å². The molecule has 0 aliphatic rings. The van der Waals surface area contributed by atoms with E-state index >= 15 is 0 Å². The highest BCUT2D eigenvalue weighted by atomic mass is 16.6. The Kier molecular flexibility index (Phi) is 3.33. The molecule has 0 aliphatic heterocycles. The summed E-state index contributed by atoms with van der Waals surface area (Å²) in [5.74, 6) is 0. The van der Waals surface area contributed by atoms with E-state index in [0.29, 0.717) is 10.4 Å². The number of benzene rings is 2. The maximum absolute atomic E-state index is 11.8. The average Bonchev–Trinajstić information content (AvgIpc) is 2.40. The van der Waals surface area contributed by atoms with Gasteiger partial charge < -0.3 is 5.21 Å². The van der Waals surface area contributed by atoms with Crippen molar-refractivity contribution in [3.8, 4) is 0 Å². The molecule has 0 bridgehead atoms. The minimum absolute atomic E-state index is 0.0353. The summed E-state index contributed by atoms with van der Waals surface area (Å²) in [4.78, 5) is 9.98. The predicted octanol–water partition coefficient (Wildman–Crippen LogP) is 2.86. The van der Waals surface area contributed by atoms with Crippen LogP contribution in [0.3, 0.4) is 0 Å². The lowest BCUT2D eigenvalue weighted by atomic mass is 10.2. The van der Waals surface area contributed by atoms with E-state index in [2.05, 4.69) is 0 Å². The standard InChI is InChI=1S/C13H10N2O3/c16-14(10-11-4-2-1-3-5-11)12-6-8-13(9-7-12)15(17)18/h1-10H/b14-10+. The Bertz CT molecular complexity index is 577. The molecule has 0 aromatic heterocycles. The third-order valence-electron chi connectivity index (χ3n) is 2.38. The maximum atomic E-state index is 11.8. The molecular weight excluding hydrogens is 232 g/mol. The van der Waals surface area contributed by atoms with E-state index < -0.39 is 4.92 Å². The second-order valence-corrected chi connectivity index (χ2v) is 3.64. The number of non-ortho nitro benzene ring substituents is 1. The molecule has 0 saturated carbocycles. The molecule has 2 aromatic carbocycles.